The molecule has 0 N–H and O–H groups in total. The summed E-state index contributed by atoms with van der Waals surface area (Å²) in [5.74, 6) is 2.71. The minimum Gasteiger partial charge on any atom is -0.339 e. The van der Waals surface area contributed by atoms with Crippen LogP contribution in [0.15, 0.2) is 30.3 Å². The zero-order valence-corrected chi connectivity index (χ0v) is 14.2. The lowest BCUT2D eigenvalue weighted by Gasteiger charge is -2.35. The normalized spacial score (nSPS) is 29.1. The van der Waals surface area contributed by atoms with Crippen molar-refractivity contribution in [2.75, 3.05) is 26.2 Å². The molecule has 1 aromatic rings. The molecule has 128 valence electrons. The average Bonchev–Trinajstić information content (AvgIpc) is 3.25. The topological polar surface area (TPSA) is 40.6 Å². The monoisotopic (exact) mass is 326 g/mol. The Bertz CT molecular complexity index is 607. The Labute approximate surface area is 143 Å². The quantitative estimate of drug-likeness (QED) is 0.857. The van der Waals surface area contributed by atoms with Gasteiger partial charge in [0.15, 0.2) is 0 Å². The van der Waals surface area contributed by atoms with Gasteiger partial charge in [-0.25, -0.2) is 0 Å². The summed E-state index contributed by atoms with van der Waals surface area (Å²) in [6.45, 7) is 2.66. The number of amides is 2. The summed E-state index contributed by atoms with van der Waals surface area (Å²) in [7, 11) is 0. The number of hydrogen-bond acceptors (Lipinski definition) is 2. The molecule has 1 aliphatic heterocycles. The van der Waals surface area contributed by atoms with Gasteiger partial charge in [-0.1, -0.05) is 24.6 Å². The maximum absolute atomic E-state index is 12.6. The largest absolute Gasteiger partial charge is 0.339 e. The molecule has 4 heteroatoms. The van der Waals surface area contributed by atoms with E-state index in [0.29, 0.717) is 38.0 Å². The Kier molecular flexibility index (Phi) is 4.30. The number of carbonyl (C=O) groups is 2. The molecule has 0 radical (unpaired) electrons. The van der Waals surface area contributed by atoms with Crippen LogP contribution in [0.4, 0.5) is 0 Å². The van der Waals surface area contributed by atoms with E-state index in [9.17, 15) is 9.59 Å². The number of carbonyl (C=O) groups excluding carboxylic acids is 2. The Morgan fingerprint density at radius 2 is 1.62 bits per heavy atom. The number of hydrogen-bond donors (Lipinski definition) is 0. The van der Waals surface area contributed by atoms with Gasteiger partial charge in [-0.3, -0.25) is 9.59 Å². The number of rotatable bonds is 3. The van der Waals surface area contributed by atoms with E-state index in [-0.39, 0.29) is 5.91 Å². The molecule has 1 saturated heterocycles. The van der Waals surface area contributed by atoms with Gasteiger partial charge < -0.3 is 9.80 Å². The van der Waals surface area contributed by atoms with Gasteiger partial charge in [0, 0.05) is 38.2 Å². The number of piperazine rings is 1. The van der Waals surface area contributed by atoms with E-state index >= 15 is 0 Å². The van der Waals surface area contributed by atoms with Crippen LogP contribution in [0, 0.1) is 17.8 Å². The predicted molar refractivity (Wildman–Crippen MR) is 92.5 cm³/mol. The number of benzene rings is 1. The first-order valence-electron chi connectivity index (χ1n) is 9.33. The van der Waals surface area contributed by atoms with Crippen molar-refractivity contribution in [3.8, 4) is 0 Å². The van der Waals surface area contributed by atoms with Crippen molar-refractivity contribution in [3.05, 3.63) is 35.9 Å². The van der Waals surface area contributed by atoms with E-state index in [0.717, 1.165) is 23.8 Å². The lowest BCUT2D eigenvalue weighted by Crippen LogP contribution is -2.51. The smallest absolute Gasteiger partial charge is 0.253 e. The molecule has 4 nitrogen and oxygen atoms in total. The zero-order valence-electron chi connectivity index (χ0n) is 14.2. The molecule has 4 rings (SSSR count). The highest BCUT2D eigenvalue weighted by Gasteiger charge is 2.40. The molecule has 0 unspecified atom stereocenters. The van der Waals surface area contributed by atoms with Crippen LogP contribution in [-0.4, -0.2) is 47.8 Å². The van der Waals surface area contributed by atoms with Crippen LogP contribution in [0.25, 0.3) is 0 Å². The van der Waals surface area contributed by atoms with E-state index in [1.807, 2.05) is 40.1 Å². The summed E-state index contributed by atoms with van der Waals surface area (Å²) in [6.07, 6.45) is 6.07. The molecule has 1 heterocycles. The van der Waals surface area contributed by atoms with Crippen molar-refractivity contribution in [2.45, 2.75) is 32.1 Å². The van der Waals surface area contributed by atoms with Crippen LogP contribution >= 0.6 is 0 Å². The van der Waals surface area contributed by atoms with E-state index in [1.54, 1.807) is 0 Å². The molecule has 3 aliphatic rings. The molecule has 3 fully saturated rings. The molecular formula is C20H26N2O2. The third-order valence-electron chi connectivity index (χ3n) is 6.26. The Hall–Kier alpha value is -1.84. The molecule has 0 aromatic heterocycles. The van der Waals surface area contributed by atoms with Crippen molar-refractivity contribution >= 4 is 11.8 Å². The average molecular weight is 326 g/mol. The summed E-state index contributed by atoms with van der Waals surface area (Å²) < 4.78 is 0. The number of fused-ring (bicyclic) bond motifs is 2. The predicted octanol–water partition coefficient (Wildman–Crippen LogP) is 2.80. The van der Waals surface area contributed by atoms with Gasteiger partial charge in [-0.15, -0.1) is 0 Å². The number of nitrogens with zero attached hydrogens (tertiary/aromatic N) is 2. The molecule has 24 heavy (non-hydrogen) atoms. The fourth-order valence-corrected chi connectivity index (χ4v) is 4.90. The fraction of sp³-hybridized carbons (Fsp3) is 0.600. The Balaban J connectivity index is 1.28. The van der Waals surface area contributed by atoms with Crippen molar-refractivity contribution < 1.29 is 9.59 Å². The maximum Gasteiger partial charge on any atom is 0.253 e. The SMILES string of the molecule is O=C(C[C@H]1C[C@H]2CC[C@@H]1C2)N1CCN(C(=O)c2ccccc2)CC1. The van der Waals surface area contributed by atoms with E-state index in [1.165, 1.54) is 25.7 Å². The molecule has 2 bridgehead atoms. The molecular weight excluding hydrogens is 300 g/mol. The minimum absolute atomic E-state index is 0.0794. The minimum atomic E-state index is 0.0794. The molecule has 1 aromatic carbocycles. The van der Waals surface area contributed by atoms with Crippen LogP contribution in [0.2, 0.25) is 0 Å². The highest BCUT2D eigenvalue weighted by molar-refractivity contribution is 5.94. The second-order valence-corrected chi connectivity index (χ2v) is 7.68. The van der Waals surface area contributed by atoms with Gasteiger partial charge in [0.2, 0.25) is 5.91 Å². The highest BCUT2D eigenvalue weighted by Crippen LogP contribution is 2.49. The van der Waals surface area contributed by atoms with Crippen LogP contribution in [0.1, 0.15) is 42.5 Å². The lowest BCUT2D eigenvalue weighted by atomic mass is 9.86. The molecule has 0 spiro atoms. The van der Waals surface area contributed by atoms with Crippen LogP contribution in [0.3, 0.4) is 0 Å². The van der Waals surface area contributed by atoms with Crippen LogP contribution < -0.4 is 0 Å². The third-order valence-corrected chi connectivity index (χ3v) is 6.26. The van der Waals surface area contributed by atoms with Crippen molar-refractivity contribution in [3.63, 3.8) is 0 Å². The second kappa shape index (κ2) is 6.58. The van der Waals surface area contributed by atoms with E-state index in [2.05, 4.69) is 0 Å². The Morgan fingerprint density at radius 1 is 0.917 bits per heavy atom. The summed E-state index contributed by atoms with van der Waals surface area (Å²) >= 11 is 0. The molecule has 2 saturated carbocycles. The van der Waals surface area contributed by atoms with Crippen LogP contribution in [0.5, 0.6) is 0 Å². The summed E-state index contributed by atoms with van der Waals surface area (Å²) in [5.41, 5.74) is 0.735. The van der Waals surface area contributed by atoms with Gasteiger partial charge in [0.25, 0.3) is 5.91 Å². The van der Waals surface area contributed by atoms with Gasteiger partial charge in [-0.05, 0) is 49.1 Å². The van der Waals surface area contributed by atoms with Crippen molar-refractivity contribution in [1.29, 1.82) is 0 Å². The third kappa shape index (κ3) is 3.06. The van der Waals surface area contributed by atoms with E-state index < -0.39 is 0 Å². The van der Waals surface area contributed by atoms with Gasteiger partial charge in [0.1, 0.15) is 0 Å². The summed E-state index contributed by atoms with van der Waals surface area (Å²) in [6, 6.07) is 9.41. The molecule has 2 amide bonds. The van der Waals surface area contributed by atoms with Crippen molar-refractivity contribution in [1.82, 2.24) is 9.80 Å². The van der Waals surface area contributed by atoms with Gasteiger partial charge >= 0.3 is 0 Å². The van der Waals surface area contributed by atoms with Gasteiger partial charge in [-0.2, -0.15) is 0 Å². The van der Waals surface area contributed by atoms with Crippen molar-refractivity contribution in [2.24, 2.45) is 17.8 Å². The summed E-state index contributed by atoms with van der Waals surface area (Å²) in [4.78, 5) is 28.9. The maximum atomic E-state index is 12.6. The molecule has 2 aliphatic carbocycles. The Morgan fingerprint density at radius 3 is 2.25 bits per heavy atom. The first kappa shape index (κ1) is 15.7. The van der Waals surface area contributed by atoms with Crippen LogP contribution in [-0.2, 0) is 4.79 Å². The summed E-state index contributed by atoms with van der Waals surface area (Å²) in [5, 5.41) is 0. The zero-order chi connectivity index (χ0) is 16.5. The van der Waals surface area contributed by atoms with E-state index in [4.69, 9.17) is 0 Å². The standard InChI is InChI=1S/C20H26N2O2/c23-19(14-18-13-15-6-7-17(18)12-15)21-8-10-22(11-9-21)20(24)16-4-2-1-3-5-16/h1-5,15,17-18H,6-14H2/t15-,17+,18+/m0/s1. The van der Waals surface area contributed by atoms with Gasteiger partial charge in [0.05, 0.1) is 0 Å². The second-order valence-electron chi connectivity index (χ2n) is 7.68. The highest BCUT2D eigenvalue weighted by atomic mass is 16.2. The first-order valence-corrected chi connectivity index (χ1v) is 9.33. The molecule has 3 atom stereocenters. The fourth-order valence-electron chi connectivity index (χ4n) is 4.90. The first-order chi connectivity index (χ1) is 11.7. The lowest BCUT2D eigenvalue weighted by molar-refractivity contribution is -0.134.